The topological polar surface area (TPSA) is 26.3 Å². The third-order valence-corrected chi connectivity index (χ3v) is 3.96. The Labute approximate surface area is 109 Å². The highest BCUT2D eigenvalue weighted by Crippen LogP contribution is 2.30. The van der Waals surface area contributed by atoms with Crippen LogP contribution < -0.4 is 4.74 Å². The standard InChI is InChI=1S/C16H22O2/c1-11-9-14(18-3)10-12(2)15(11)16(17)13-7-5-4-6-8-13/h9-10,13H,4-8H2,1-3H3. The number of rotatable bonds is 3. The van der Waals surface area contributed by atoms with E-state index in [0.717, 1.165) is 35.3 Å². The van der Waals surface area contributed by atoms with E-state index in [1.165, 1.54) is 19.3 Å². The monoisotopic (exact) mass is 246 g/mol. The second-order valence-electron chi connectivity index (χ2n) is 5.34. The van der Waals surface area contributed by atoms with E-state index in [-0.39, 0.29) is 5.92 Å². The van der Waals surface area contributed by atoms with Crippen LogP contribution in [0.4, 0.5) is 0 Å². The van der Waals surface area contributed by atoms with Gasteiger partial charge in [0.15, 0.2) is 5.78 Å². The van der Waals surface area contributed by atoms with Crippen molar-refractivity contribution in [2.45, 2.75) is 46.0 Å². The Morgan fingerprint density at radius 1 is 1.11 bits per heavy atom. The number of hydrogen-bond acceptors (Lipinski definition) is 2. The van der Waals surface area contributed by atoms with E-state index < -0.39 is 0 Å². The summed E-state index contributed by atoms with van der Waals surface area (Å²) in [6.07, 6.45) is 5.80. The molecule has 0 spiro atoms. The zero-order valence-electron chi connectivity index (χ0n) is 11.6. The van der Waals surface area contributed by atoms with Crippen molar-refractivity contribution in [1.82, 2.24) is 0 Å². The first-order valence-electron chi connectivity index (χ1n) is 6.83. The Kier molecular flexibility index (Phi) is 4.05. The van der Waals surface area contributed by atoms with Crippen molar-refractivity contribution in [3.8, 4) is 5.75 Å². The predicted octanol–water partition coefficient (Wildman–Crippen LogP) is 4.08. The van der Waals surface area contributed by atoms with Gasteiger partial charge in [0.25, 0.3) is 0 Å². The molecular weight excluding hydrogens is 224 g/mol. The molecule has 2 heteroatoms. The van der Waals surface area contributed by atoms with E-state index in [9.17, 15) is 4.79 Å². The summed E-state index contributed by atoms with van der Waals surface area (Å²) in [5, 5.41) is 0. The first-order valence-corrected chi connectivity index (χ1v) is 6.83. The van der Waals surface area contributed by atoms with Crippen molar-refractivity contribution < 1.29 is 9.53 Å². The number of ketones is 1. The molecular formula is C16H22O2. The third-order valence-electron chi connectivity index (χ3n) is 3.96. The van der Waals surface area contributed by atoms with E-state index in [1.807, 2.05) is 26.0 Å². The Bertz CT molecular complexity index is 419. The molecule has 1 aromatic rings. The summed E-state index contributed by atoms with van der Waals surface area (Å²) in [5.41, 5.74) is 3.01. The molecule has 18 heavy (non-hydrogen) atoms. The summed E-state index contributed by atoms with van der Waals surface area (Å²) in [6, 6.07) is 3.92. The van der Waals surface area contributed by atoms with Crippen molar-refractivity contribution in [1.29, 1.82) is 0 Å². The number of carbonyl (C=O) groups is 1. The van der Waals surface area contributed by atoms with Crippen LogP contribution in [0.5, 0.6) is 5.75 Å². The second-order valence-corrected chi connectivity index (χ2v) is 5.34. The molecule has 1 aliphatic rings. The molecule has 1 saturated carbocycles. The van der Waals surface area contributed by atoms with Gasteiger partial charge in [0.05, 0.1) is 7.11 Å². The molecule has 0 aromatic heterocycles. The van der Waals surface area contributed by atoms with Crippen LogP contribution >= 0.6 is 0 Å². The smallest absolute Gasteiger partial charge is 0.166 e. The van der Waals surface area contributed by atoms with E-state index in [2.05, 4.69) is 0 Å². The quantitative estimate of drug-likeness (QED) is 0.751. The predicted molar refractivity (Wildman–Crippen MR) is 73.4 cm³/mol. The minimum Gasteiger partial charge on any atom is -0.497 e. The van der Waals surface area contributed by atoms with Crippen LogP contribution in [0.3, 0.4) is 0 Å². The van der Waals surface area contributed by atoms with Crippen LogP contribution in [-0.4, -0.2) is 12.9 Å². The van der Waals surface area contributed by atoms with Gasteiger partial charge < -0.3 is 4.74 Å². The summed E-state index contributed by atoms with van der Waals surface area (Å²) in [5.74, 6) is 1.42. The molecule has 0 unspecified atom stereocenters. The van der Waals surface area contributed by atoms with Crippen LogP contribution in [-0.2, 0) is 0 Å². The SMILES string of the molecule is COc1cc(C)c(C(=O)C2CCCCC2)c(C)c1. The normalized spacial score (nSPS) is 16.6. The molecule has 0 saturated heterocycles. The lowest BCUT2D eigenvalue weighted by atomic mass is 9.82. The van der Waals surface area contributed by atoms with Gasteiger partial charge in [-0.05, 0) is 49.9 Å². The van der Waals surface area contributed by atoms with Crippen molar-refractivity contribution >= 4 is 5.78 Å². The summed E-state index contributed by atoms with van der Waals surface area (Å²) in [6.45, 7) is 4.01. The first-order chi connectivity index (χ1) is 8.63. The Morgan fingerprint density at radius 2 is 1.67 bits per heavy atom. The molecule has 0 bridgehead atoms. The van der Waals surface area contributed by atoms with E-state index >= 15 is 0 Å². The fraction of sp³-hybridized carbons (Fsp3) is 0.562. The van der Waals surface area contributed by atoms with Gasteiger partial charge in [-0.2, -0.15) is 0 Å². The molecule has 0 amide bonds. The lowest BCUT2D eigenvalue weighted by Crippen LogP contribution is -2.19. The van der Waals surface area contributed by atoms with Crippen molar-refractivity contribution in [3.63, 3.8) is 0 Å². The van der Waals surface area contributed by atoms with Gasteiger partial charge in [-0.15, -0.1) is 0 Å². The number of aryl methyl sites for hydroxylation is 2. The van der Waals surface area contributed by atoms with E-state index in [0.29, 0.717) is 5.78 Å². The van der Waals surface area contributed by atoms with Gasteiger partial charge in [-0.25, -0.2) is 0 Å². The minimum atomic E-state index is 0.240. The Balaban J connectivity index is 2.29. The van der Waals surface area contributed by atoms with Crippen LogP contribution in [0.15, 0.2) is 12.1 Å². The van der Waals surface area contributed by atoms with Crippen LogP contribution in [0.1, 0.15) is 53.6 Å². The molecule has 2 nitrogen and oxygen atoms in total. The summed E-state index contributed by atoms with van der Waals surface area (Å²) >= 11 is 0. The van der Waals surface area contributed by atoms with Crippen LogP contribution in [0, 0.1) is 19.8 Å². The molecule has 0 heterocycles. The lowest BCUT2D eigenvalue weighted by molar-refractivity contribution is 0.0888. The van der Waals surface area contributed by atoms with Gasteiger partial charge in [0.2, 0.25) is 0 Å². The molecule has 0 aliphatic heterocycles. The first kappa shape index (κ1) is 13.1. The number of methoxy groups -OCH3 is 1. The second kappa shape index (κ2) is 5.55. The number of benzene rings is 1. The zero-order valence-corrected chi connectivity index (χ0v) is 11.6. The van der Waals surface area contributed by atoms with Gasteiger partial charge >= 0.3 is 0 Å². The molecule has 2 rings (SSSR count). The van der Waals surface area contributed by atoms with Gasteiger partial charge in [-0.1, -0.05) is 19.3 Å². The molecule has 0 radical (unpaired) electrons. The third kappa shape index (κ3) is 2.58. The highest BCUT2D eigenvalue weighted by Gasteiger charge is 2.24. The summed E-state index contributed by atoms with van der Waals surface area (Å²) in [7, 11) is 1.66. The molecule has 1 fully saturated rings. The van der Waals surface area contributed by atoms with Crippen molar-refractivity contribution in [3.05, 3.63) is 28.8 Å². The number of hydrogen-bond donors (Lipinski definition) is 0. The van der Waals surface area contributed by atoms with E-state index in [4.69, 9.17) is 4.74 Å². The van der Waals surface area contributed by atoms with E-state index in [1.54, 1.807) is 7.11 Å². The maximum Gasteiger partial charge on any atom is 0.166 e. The average molecular weight is 246 g/mol. The molecule has 98 valence electrons. The fourth-order valence-corrected chi connectivity index (χ4v) is 3.00. The lowest BCUT2D eigenvalue weighted by Gasteiger charge is -2.22. The molecule has 0 atom stereocenters. The fourth-order valence-electron chi connectivity index (χ4n) is 3.00. The van der Waals surface area contributed by atoms with Crippen molar-refractivity contribution in [2.24, 2.45) is 5.92 Å². The Hall–Kier alpha value is -1.31. The summed E-state index contributed by atoms with van der Waals surface area (Å²) < 4.78 is 5.24. The molecule has 1 aliphatic carbocycles. The van der Waals surface area contributed by atoms with Crippen molar-refractivity contribution in [2.75, 3.05) is 7.11 Å². The van der Waals surface area contributed by atoms with Crippen LogP contribution in [0.2, 0.25) is 0 Å². The average Bonchev–Trinajstić information content (AvgIpc) is 2.38. The number of ether oxygens (including phenoxy) is 1. The Morgan fingerprint density at radius 3 is 2.17 bits per heavy atom. The van der Waals surface area contributed by atoms with Gasteiger partial charge in [0, 0.05) is 11.5 Å². The summed E-state index contributed by atoms with van der Waals surface area (Å²) in [4.78, 5) is 12.6. The van der Waals surface area contributed by atoms with Gasteiger partial charge in [0.1, 0.15) is 5.75 Å². The largest absolute Gasteiger partial charge is 0.497 e. The maximum atomic E-state index is 12.6. The molecule has 1 aromatic carbocycles. The zero-order chi connectivity index (χ0) is 13.1. The minimum absolute atomic E-state index is 0.240. The number of Topliss-reactive ketones (excluding diaryl/α,β-unsaturated/α-hetero) is 1. The molecule has 0 N–H and O–H groups in total. The number of carbonyl (C=O) groups excluding carboxylic acids is 1. The maximum absolute atomic E-state index is 12.6. The highest BCUT2D eigenvalue weighted by atomic mass is 16.5. The van der Waals surface area contributed by atoms with Gasteiger partial charge in [-0.3, -0.25) is 4.79 Å². The highest BCUT2D eigenvalue weighted by molar-refractivity contribution is 6.00. The van der Waals surface area contributed by atoms with Crippen LogP contribution in [0.25, 0.3) is 0 Å².